The van der Waals surface area contributed by atoms with Gasteiger partial charge in [-0.1, -0.05) is 13.8 Å². The fraction of sp³-hybridized carbons (Fsp3) is 1.00. The van der Waals surface area contributed by atoms with Gasteiger partial charge in [-0.3, -0.25) is 0 Å². The monoisotopic (exact) mass is 214 g/mol. The van der Waals surface area contributed by atoms with Crippen LogP contribution in [-0.4, -0.2) is 38.4 Å². The molecule has 0 aromatic rings. The van der Waals surface area contributed by atoms with E-state index in [4.69, 9.17) is 4.74 Å². The molecule has 2 N–H and O–H groups in total. The van der Waals surface area contributed by atoms with Crippen LogP contribution < -0.4 is 10.6 Å². The van der Waals surface area contributed by atoms with Gasteiger partial charge in [0.05, 0.1) is 5.60 Å². The molecule has 3 nitrogen and oxygen atoms in total. The fourth-order valence-electron chi connectivity index (χ4n) is 1.90. The van der Waals surface area contributed by atoms with Crippen molar-refractivity contribution in [1.29, 1.82) is 0 Å². The highest BCUT2D eigenvalue weighted by molar-refractivity contribution is 4.82. The Morgan fingerprint density at radius 2 is 2.00 bits per heavy atom. The van der Waals surface area contributed by atoms with Gasteiger partial charge in [0.25, 0.3) is 0 Å². The van der Waals surface area contributed by atoms with E-state index in [1.165, 1.54) is 12.8 Å². The molecule has 1 saturated heterocycles. The Morgan fingerprint density at radius 1 is 1.27 bits per heavy atom. The van der Waals surface area contributed by atoms with E-state index in [2.05, 4.69) is 31.4 Å². The summed E-state index contributed by atoms with van der Waals surface area (Å²) >= 11 is 0. The summed E-state index contributed by atoms with van der Waals surface area (Å²) in [5.41, 5.74) is 0.0953. The highest BCUT2D eigenvalue weighted by Crippen LogP contribution is 2.23. The number of rotatable bonds is 7. The van der Waals surface area contributed by atoms with Crippen LogP contribution in [0.15, 0.2) is 0 Å². The van der Waals surface area contributed by atoms with Crippen LogP contribution in [-0.2, 0) is 4.74 Å². The standard InChI is InChI=1S/C12H26N2O/c1-11(2)9-13-6-7-14-10-12(3)5-4-8-15-12/h11,13-14H,4-10H2,1-3H3. The summed E-state index contributed by atoms with van der Waals surface area (Å²) in [4.78, 5) is 0. The second kappa shape index (κ2) is 6.46. The van der Waals surface area contributed by atoms with Crippen LogP contribution in [0, 0.1) is 5.92 Å². The van der Waals surface area contributed by atoms with Gasteiger partial charge in [0.15, 0.2) is 0 Å². The first-order valence-electron chi connectivity index (χ1n) is 6.18. The molecule has 1 heterocycles. The van der Waals surface area contributed by atoms with Gasteiger partial charge in [0.2, 0.25) is 0 Å². The van der Waals surface area contributed by atoms with Gasteiger partial charge < -0.3 is 15.4 Å². The maximum atomic E-state index is 5.70. The van der Waals surface area contributed by atoms with Gasteiger partial charge in [-0.2, -0.15) is 0 Å². The predicted molar refractivity (Wildman–Crippen MR) is 64.2 cm³/mol. The lowest BCUT2D eigenvalue weighted by Gasteiger charge is -2.23. The van der Waals surface area contributed by atoms with E-state index in [1.807, 2.05) is 0 Å². The van der Waals surface area contributed by atoms with Gasteiger partial charge in [-0.25, -0.2) is 0 Å². The van der Waals surface area contributed by atoms with E-state index >= 15 is 0 Å². The topological polar surface area (TPSA) is 33.3 Å². The van der Waals surface area contributed by atoms with Crippen LogP contribution in [0.5, 0.6) is 0 Å². The van der Waals surface area contributed by atoms with E-state index in [1.54, 1.807) is 0 Å². The second-order valence-electron chi connectivity index (χ2n) is 5.18. The summed E-state index contributed by atoms with van der Waals surface area (Å²) in [6, 6.07) is 0. The molecule has 15 heavy (non-hydrogen) atoms. The Kier molecular flexibility index (Phi) is 5.58. The summed E-state index contributed by atoms with van der Waals surface area (Å²) in [5.74, 6) is 0.737. The quantitative estimate of drug-likeness (QED) is 0.628. The van der Waals surface area contributed by atoms with Crippen LogP contribution in [0.1, 0.15) is 33.6 Å². The van der Waals surface area contributed by atoms with E-state index in [0.29, 0.717) is 0 Å². The number of ether oxygens (including phenoxy) is 1. The minimum Gasteiger partial charge on any atom is -0.374 e. The maximum Gasteiger partial charge on any atom is 0.0779 e. The lowest BCUT2D eigenvalue weighted by Crippen LogP contribution is -2.40. The van der Waals surface area contributed by atoms with Crippen LogP contribution in [0.2, 0.25) is 0 Å². The van der Waals surface area contributed by atoms with Crippen molar-refractivity contribution in [3.8, 4) is 0 Å². The number of nitrogens with one attached hydrogen (secondary N) is 2. The zero-order valence-electron chi connectivity index (χ0n) is 10.4. The van der Waals surface area contributed by atoms with Crippen LogP contribution in [0.3, 0.4) is 0 Å². The van der Waals surface area contributed by atoms with E-state index < -0.39 is 0 Å². The maximum absolute atomic E-state index is 5.70. The summed E-state index contributed by atoms with van der Waals surface area (Å²) in [6.07, 6.45) is 2.41. The first-order chi connectivity index (χ1) is 7.12. The molecule has 3 heteroatoms. The fourth-order valence-corrected chi connectivity index (χ4v) is 1.90. The zero-order valence-corrected chi connectivity index (χ0v) is 10.4. The van der Waals surface area contributed by atoms with Gasteiger partial charge in [-0.15, -0.1) is 0 Å². The van der Waals surface area contributed by atoms with Crippen molar-refractivity contribution in [3.05, 3.63) is 0 Å². The van der Waals surface area contributed by atoms with E-state index in [9.17, 15) is 0 Å². The smallest absolute Gasteiger partial charge is 0.0779 e. The van der Waals surface area contributed by atoms with E-state index in [0.717, 1.165) is 38.7 Å². The van der Waals surface area contributed by atoms with Crippen molar-refractivity contribution in [2.24, 2.45) is 5.92 Å². The summed E-state index contributed by atoms with van der Waals surface area (Å²) < 4.78 is 5.70. The third-order valence-corrected chi connectivity index (χ3v) is 2.83. The molecule has 0 aliphatic carbocycles. The van der Waals surface area contributed by atoms with Gasteiger partial charge >= 0.3 is 0 Å². The Bertz CT molecular complexity index is 165. The Morgan fingerprint density at radius 3 is 2.60 bits per heavy atom. The summed E-state index contributed by atoms with van der Waals surface area (Å²) in [5, 5.41) is 6.87. The number of hydrogen-bond donors (Lipinski definition) is 2. The highest BCUT2D eigenvalue weighted by Gasteiger charge is 2.28. The largest absolute Gasteiger partial charge is 0.374 e. The lowest BCUT2D eigenvalue weighted by atomic mass is 10.0. The molecule has 0 aromatic carbocycles. The molecule has 1 atom stereocenters. The van der Waals surface area contributed by atoms with Crippen LogP contribution in [0.4, 0.5) is 0 Å². The highest BCUT2D eigenvalue weighted by atomic mass is 16.5. The van der Waals surface area contributed by atoms with Crippen molar-refractivity contribution in [2.45, 2.75) is 39.2 Å². The minimum atomic E-state index is 0.0953. The average molecular weight is 214 g/mol. The van der Waals surface area contributed by atoms with Crippen molar-refractivity contribution < 1.29 is 4.74 Å². The van der Waals surface area contributed by atoms with Crippen LogP contribution >= 0.6 is 0 Å². The zero-order chi connectivity index (χ0) is 11.1. The molecular formula is C12H26N2O. The third-order valence-electron chi connectivity index (χ3n) is 2.83. The van der Waals surface area contributed by atoms with Crippen LogP contribution in [0.25, 0.3) is 0 Å². The molecule has 1 fully saturated rings. The SMILES string of the molecule is CC(C)CNCCNCC1(C)CCCO1. The molecule has 90 valence electrons. The molecular weight excluding hydrogens is 188 g/mol. The van der Waals surface area contributed by atoms with Gasteiger partial charge in [-0.05, 0) is 32.2 Å². The molecule has 0 bridgehead atoms. The molecule has 0 aromatic heterocycles. The molecule has 1 unspecified atom stereocenters. The van der Waals surface area contributed by atoms with Crippen molar-refractivity contribution >= 4 is 0 Å². The molecule has 0 radical (unpaired) electrons. The first kappa shape index (κ1) is 12.9. The lowest BCUT2D eigenvalue weighted by molar-refractivity contribution is 0.0211. The number of hydrogen-bond acceptors (Lipinski definition) is 3. The first-order valence-corrected chi connectivity index (χ1v) is 6.18. The van der Waals surface area contributed by atoms with E-state index in [-0.39, 0.29) is 5.60 Å². The molecule has 0 amide bonds. The molecule has 0 spiro atoms. The minimum absolute atomic E-state index is 0.0953. The summed E-state index contributed by atoms with van der Waals surface area (Å²) in [6.45, 7) is 11.8. The molecule has 1 aliphatic rings. The average Bonchev–Trinajstić information content (AvgIpc) is 2.58. The van der Waals surface area contributed by atoms with Gasteiger partial charge in [0, 0.05) is 26.2 Å². The Balaban J connectivity index is 1.92. The third kappa shape index (κ3) is 5.50. The van der Waals surface area contributed by atoms with Gasteiger partial charge in [0.1, 0.15) is 0 Å². The van der Waals surface area contributed by atoms with Crippen molar-refractivity contribution in [1.82, 2.24) is 10.6 Å². The normalized spacial score (nSPS) is 26.4. The van der Waals surface area contributed by atoms with Crippen molar-refractivity contribution in [2.75, 3.05) is 32.8 Å². The van der Waals surface area contributed by atoms with Crippen molar-refractivity contribution in [3.63, 3.8) is 0 Å². The molecule has 1 aliphatic heterocycles. The summed E-state index contributed by atoms with van der Waals surface area (Å²) in [7, 11) is 0. The molecule has 0 saturated carbocycles. The second-order valence-corrected chi connectivity index (χ2v) is 5.18. The Hall–Kier alpha value is -0.120. The predicted octanol–water partition coefficient (Wildman–Crippen LogP) is 1.39. The molecule has 1 rings (SSSR count). The Labute approximate surface area is 94.0 Å².